The largest absolute Gasteiger partial charge is 0.329 e. The standard InChI is InChI=1S/C37H24Br2N8O3S2/c38-37(39)34(50)41-36(52-37)47-27(21-12-4-1-5-13-21)32-33(44-47)40-35(51-32)43-42-26-20-45(22-14-6-2-7-15-22)28-29(46(26)23-16-8-3-9-17-23)31(49)25-19-11-10-18-24(25)30(28)48/h1-19,27,32H,20H2,(H,40,43,44)/b42-26+. The third kappa shape index (κ3) is 5.54. The minimum atomic E-state index is -1.04. The first-order valence-corrected chi connectivity index (χ1v) is 19.4. The lowest BCUT2D eigenvalue weighted by molar-refractivity contribution is -0.116. The Morgan fingerprint density at radius 1 is 0.750 bits per heavy atom. The van der Waals surface area contributed by atoms with E-state index >= 15 is 0 Å². The minimum Gasteiger partial charge on any atom is -0.329 e. The van der Waals surface area contributed by atoms with Crippen LogP contribution in [0.5, 0.6) is 0 Å². The van der Waals surface area contributed by atoms with Crippen LogP contribution in [0, 0.1) is 0 Å². The Kier molecular flexibility index (Phi) is 8.25. The summed E-state index contributed by atoms with van der Waals surface area (Å²) >= 11 is 9.53. The van der Waals surface area contributed by atoms with Crippen molar-refractivity contribution in [2.45, 2.75) is 13.9 Å². The highest BCUT2D eigenvalue weighted by Crippen LogP contribution is 2.50. The highest BCUT2D eigenvalue weighted by Gasteiger charge is 2.51. The lowest BCUT2D eigenvalue weighted by Gasteiger charge is -2.41. The van der Waals surface area contributed by atoms with Crippen LogP contribution in [0.4, 0.5) is 11.4 Å². The number of amides is 1. The lowest BCUT2D eigenvalue weighted by atomic mass is 9.87. The lowest BCUT2D eigenvalue weighted by Crippen LogP contribution is -2.52. The van der Waals surface area contributed by atoms with Crippen LogP contribution in [0.3, 0.4) is 0 Å². The maximum Gasteiger partial charge on any atom is 0.286 e. The van der Waals surface area contributed by atoms with Crippen LogP contribution in [0.15, 0.2) is 147 Å². The minimum absolute atomic E-state index is 0.164. The van der Waals surface area contributed by atoms with Gasteiger partial charge < -0.3 is 10.2 Å². The quantitative estimate of drug-likeness (QED) is 0.169. The summed E-state index contributed by atoms with van der Waals surface area (Å²) in [6.45, 7) is 0.164. The SMILES string of the molecule is O=C1C2=C(C(=O)c3ccccc31)N(c1ccccc1)/C(=N/N=C1\NC3=NN(C4=NC(=O)C(Br)(Br)S4)C(c4ccccc4)C3S1)CN2c1ccccc1. The summed E-state index contributed by atoms with van der Waals surface area (Å²) < 4.78 is -1.04. The molecular weight excluding hydrogens is 828 g/mol. The molecule has 2 atom stereocenters. The number of allylic oxidation sites excluding steroid dienone is 2. The Labute approximate surface area is 322 Å². The molecule has 0 bridgehead atoms. The van der Waals surface area contributed by atoms with Crippen molar-refractivity contribution in [3.8, 4) is 0 Å². The first-order chi connectivity index (χ1) is 25.3. The molecule has 15 heteroatoms. The molecule has 2 unspecified atom stereocenters. The molecule has 9 rings (SSSR count). The Bertz CT molecular complexity index is 2330. The number of anilines is 2. The Morgan fingerprint density at radius 3 is 1.98 bits per heavy atom. The molecule has 52 heavy (non-hydrogen) atoms. The molecule has 256 valence electrons. The summed E-state index contributed by atoms with van der Waals surface area (Å²) in [4.78, 5) is 49.1. The number of alkyl halides is 2. The van der Waals surface area contributed by atoms with E-state index in [1.165, 1.54) is 23.5 Å². The van der Waals surface area contributed by atoms with Gasteiger partial charge in [0.1, 0.15) is 17.2 Å². The maximum absolute atomic E-state index is 14.4. The molecule has 1 amide bonds. The van der Waals surface area contributed by atoms with E-state index in [0.29, 0.717) is 38.8 Å². The fourth-order valence-electron chi connectivity index (χ4n) is 6.69. The van der Waals surface area contributed by atoms with Crippen molar-refractivity contribution in [1.82, 2.24) is 10.3 Å². The van der Waals surface area contributed by atoms with Gasteiger partial charge in [0.2, 0.25) is 14.1 Å². The number of rotatable bonds is 4. The number of nitrogens with one attached hydrogen (secondary N) is 1. The summed E-state index contributed by atoms with van der Waals surface area (Å²) in [6.07, 6.45) is 0. The van der Waals surface area contributed by atoms with Crippen LogP contribution in [0.25, 0.3) is 0 Å². The number of ketones is 2. The number of fused-ring (bicyclic) bond motifs is 2. The average Bonchev–Trinajstić information content (AvgIpc) is 3.82. The van der Waals surface area contributed by atoms with Crippen LogP contribution in [-0.4, -0.2) is 58.8 Å². The van der Waals surface area contributed by atoms with Gasteiger partial charge in [-0.3, -0.25) is 19.3 Å². The van der Waals surface area contributed by atoms with Gasteiger partial charge in [-0.2, -0.15) is 10.1 Å². The number of carbonyl (C=O) groups is 3. The number of aliphatic imine (C=N–C) groups is 1. The summed E-state index contributed by atoms with van der Waals surface area (Å²) in [5, 5.41) is 20.3. The van der Waals surface area contributed by atoms with Crippen molar-refractivity contribution in [2.75, 3.05) is 16.3 Å². The van der Waals surface area contributed by atoms with Crippen LogP contribution in [0.1, 0.15) is 32.3 Å². The second kappa shape index (κ2) is 13.0. The number of amidine groups is 4. The Hall–Kier alpha value is -4.83. The third-order valence-electron chi connectivity index (χ3n) is 8.97. The molecule has 4 aromatic rings. The highest BCUT2D eigenvalue weighted by atomic mass is 79.9. The molecule has 1 saturated heterocycles. The molecule has 4 aromatic carbocycles. The third-order valence-corrected chi connectivity index (χ3v) is 12.7. The number of hydrazone groups is 1. The van der Waals surface area contributed by atoms with E-state index in [4.69, 9.17) is 15.3 Å². The molecule has 11 nitrogen and oxygen atoms in total. The zero-order valence-electron chi connectivity index (χ0n) is 26.8. The summed E-state index contributed by atoms with van der Waals surface area (Å²) in [5.74, 6) is 0.236. The molecule has 4 heterocycles. The van der Waals surface area contributed by atoms with E-state index in [1.54, 1.807) is 34.2 Å². The number of para-hydroxylation sites is 2. The normalized spacial score (nSPS) is 23.5. The van der Waals surface area contributed by atoms with E-state index in [-0.39, 0.29) is 46.7 Å². The zero-order chi connectivity index (χ0) is 35.6. The molecule has 4 aliphatic heterocycles. The number of Topliss-reactive ketones (excluding diaryl/α,β-unsaturated/α-hetero) is 2. The smallest absolute Gasteiger partial charge is 0.286 e. The van der Waals surface area contributed by atoms with Crippen molar-refractivity contribution >= 4 is 106 Å². The highest BCUT2D eigenvalue weighted by molar-refractivity contribution is 9.29. The molecule has 0 radical (unpaired) electrons. The molecule has 1 fully saturated rings. The van der Waals surface area contributed by atoms with Crippen molar-refractivity contribution in [2.24, 2.45) is 20.3 Å². The Morgan fingerprint density at radius 2 is 1.35 bits per heavy atom. The summed E-state index contributed by atoms with van der Waals surface area (Å²) in [6, 6.07) is 35.5. The molecule has 0 spiro atoms. The van der Waals surface area contributed by atoms with E-state index in [0.717, 1.165) is 11.3 Å². The zero-order valence-corrected chi connectivity index (χ0v) is 31.6. The number of halogens is 2. The van der Waals surface area contributed by atoms with Crippen LogP contribution in [-0.2, 0) is 4.79 Å². The van der Waals surface area contributed by atoms with E-state index in [9.17, 15) is 14.4 Å². The van der Waals surface area contributed by atoms with Gasteiger partial charge in [-0.25, -0.2) is 5.01 Å². The monoisotopic (exact) mass is 850 g/mol. The number of nitrogens with zero attached hydrogens (tertiary/aromatic N) is 7. The molecule has 0 saturated carbocycles. The van der Waals surface area contributed by atoms with Gasteiger partial charge in [-0.05, 0) is 73.5 Å². The van der Waals surface area contributed by atoms with Gasteiger partial charge in [0.05, 0.1) is 17.8 Å². The molecule has 5 aliphatic rings. The molecule has 0 aromatic heterocycles. The van der Waals surface area contributed by atoms with E-state index in [1.807, 2.05) is 95.9 Å². The van der Waals surface area contributed by atoms with Crippen molar-refractivity contribution in [3.63, 3.8) is 0 Å². The van der Waals surface area contributed by atoms with Gasteiger partial charge in [-0.15, -0.1) is 10.2 Å². The fraction of sp³-hybridized carbons (Fsp3) is 0.108. The molecule has 1 N–H and O–H groups in total. The second-order valence-corrected chi connectivity index (χ2v) is 18.9. The molecular formula is C37H24Br2N8O3S2. The maximum atomic E-state index is 14.4. The van der Waals surface area contributed by atoms with Gasteiger partial charge in [0, 0.05) is 22.5 Å². The van der Waals surface area contributed by atoms with Gasteiger partial charge in [0.25, 0.3) is 5.91 Å². The second-order valence-electron chi connectivity index (χ2n) is 12.1. The Balaban J connectivity index is 1.13. The van der Waals surface area contributed by atoms with Crippen LogP contribution >= 0.6 is 55.4 Å². The van der Waals surface area contributed by atoms with Gasteiger partial charge in [0.15, 0.2) is 16.2 Å². The number of hydrogen-bond donors (Lipinski definition) is 1. The number of carbonyl (C=O) groups excluding carboxylic acids is 3. The number of thioether (sulfide) groups is 2. The van der Waals surface area contributed by atoms with Gasteiger partial charge in [-0.1, -0.05) is 103 Å². The van der Waals surface area contributed by atoms with Crippen LogP contribution in [0.2, 0.25) is 0 Å². The van der Waals surface area contributed by atoms with Crippen molar-refractivity contribution < 1.29 is 14.4 Å². The summed E-state index contributed by atoms with van der Waals surface area (Å²) in [5.41, 5.74) is 3.62. The number of benzene rings is 4. The predicted octanol–water partition coefficient (Wildman–Crippen LogP) is 7.12. The topological polar surface area (TPSA) is 122 Å². The predicted molar refractivity (Wildman–Crippen MR) is 213 cm³/mol. The van der Waals surface area contributed by atoms with Gasteiger partial charge >= 0.3 is 0 Å². The van der Waals surface area contributed by atoms with Crippen molar-refractivity contribution in [1.29, 1.82) is 0 Å². The average molecular weight is 853 g/mol. The molecule has 1 aliphatic carbocycles. The van der Waals surface area contributed by atoms with E-state index in [2.05, 4.69) is 42.2 Å². The first kappa shape index (κ1) is 33.0. The number of hydrogen-bond acceptors (Lipinski definition) is 10. The first-order valence-electron chi connectivity index (χ1n) is 16.1. The summed E-state index contributed by atoms with van der Waals surface area (Å²) in [7, 11) is 0. The van der Waals surface area contributed by atoms with E-state index < -0.39 is 2.57 Å². The van der Waals surface area contributed by atoms with Crippen molar-refractivity contribution in [3.05, 3.63) is 143 Å². The fourth-order valence-corrected chi connectivity index (χ4v) is 9.58. The van der Waals surface area contributed by atoms with Crippen LogP contribution < -0.4 is 15.1 Å².